The van der Waals surface area contributed by atoms with Crippen LogP contribution in [0.5, 0.6) is 0 Å². The van der Waals surface area contributed by atoms with E-state index in [-0.39, 0.29) is 12.6 Å². The van der Waals surface area contributed by atoms with Gasteiger partial charge in [-0.25, -0.2) is 4.39 Å². The van der Waals surface area contributed by atoms with E-state index < -0.39 is 17.6 Å². The normalized spacial score (nSPS) is 24.3. The van der Waals surface area contributed by atoms with Crippen molar-refractivity contribution in [1.29, 1.82) is 0 Å². The lowest BCUT2D eigenvalue weighted by atomic mass is 9.94. The maximum atomic E-state index is 13.3. The Hall–Kier alpha value is -1.14. The van der Waals surface area contributed by atoms with Gasteiger partial charge in [0.05, 0.1) is 5.56 Å². The molecule has 1 aliphatic rings. The van der Waals surface area contributed by atoms with Crippen molar-refractivity contribution in [2.75, 3.05) is 20.1 Å². The molecule has 0 aliphatic carbocycles. The van der Waals surface area contributed by atoms with E-state index in [2.05, 4.69) is 24.2 Å². The Morgan fingerprint density at radius 3 is 2.62 bits per heavy atom. The van der Waals surface area contributed by atoms with E-state index in [1.54, 1.807) is 0 Å². The van der Waals surface area contributed by atoms with E-state index in [4.69, 9.17) is 0 Å². The van der Waals surface area contributed by atoms with Gasteiger partial charge >= 0.3 is 6.18 Å². The molecule has 1 fully saturated rings. The van der Waals surface area contributed by atoms with E-state index in [1.165, 1.54) is 0 Å². The van der Waals surface area contributed by atoms with Crippen molar-refractivity contribution in [2.24, 2.45) is 5.92 Å². The van der Waals surface area contributed by atoms with Gasteiger partial charge < -0.3 is 10.2 Å². The zero-order chi connectivity index (χ0) is 15.6. The fourth-order valence-corrected chi connectivity index (χ4v) is 2.82. The number of rotatable bonds is 3. The van der Waals surface area contributed by atoms with Gasteiger partial charge in [0.2, 0.25) is 0 Å². The molecule has 1 saturated heterocycles. The highest BCUT2D eigenvalue weighted by Crippen LogP contribution is 2.30. The SMILES string of the molecule is CC1CN(C)CCC1NCc1cc(F)cc(C(F)(F)F)c1. The molecule has 1 heterocycles. The maximum Gasteiger partial charge on any atom is 0.416 e. The van der Waals surface area contributed by atoms with Gasteiger partial charge in [-0.05, 0) is 49.7 Å². The van der Waals surface area contributed by atoms with Gasteiger partial charge in [0.1, 0.15) is 5.82 Å². The largest absolute Gasteiger partial charge is 0.416 e. The summed E-state index contributed by atoms with van der Waals surface area (Å²) in [7, 11) is 2.05. The zero-order valence-corrected chi connectivity index (χ0v) is 12.2. The lowest BCUT2D eigenvalue weighted by molar-refractivity contribution is -0.137. The zero-order valence-electron chi connectivity index (χ0n) is 12.2. The van der Waals surface area contributed by atoms with Crippen molar-refractivity contribution < 1.29 is 17.6 Å². The van der Waals surface area contributed by atoms with Gasteiger partial charge in [-0.1, -0.05) is 6.92 Å². The molecule has 2 unspecified atom stereocenters. The van der Waals surface area contributed by atoms with Crippen molar-refractivity contribution in [3.8, 4) is 0 Å². The first kappa shape index (κ1) is 16.2. The summed E-state index contributed by atoms with van der Waals surface area (Å²) >= 11 is 0. The van der Waals surface area contributed by atoms with Crippen LogP contribution in [0.3, 0.4) is 0 Å². The molecule has 1 N–H and O–H groups in total. The predicted octanol–water partition coefficient (Wildman–Crippen LogP) is 3.27. The number of hydrogen-bond donors (Lipinski definition) is 1. The van der Waals surface area contributed by atoms with Gasteiger partial charge in [-0.2, -0.15) is 13.2 Å². The number of alkyl halides is 3. The topological polar surface area (TPSA) is 15.3 Å². The Morgan fingerprint density at radius 2 is 2.00 bits per heavy atom. The highest BCUT2D eigenvalue weighted by molar-refractivity contribution is 5.26. The Bertz CT molecular complexity index is 487. The molecule has 1 aromatic carbocycles. The first-order valence-corrected chi connectivity index (χ1v) is 7.04. The molecule has 0 amide bonds. The molecule has 0 saturated carbocycles. The average molecular weight is 304 g/mol. The van der Waals surface area contributed by atoms with Gasteiger partial charge in [0.15, 0.2) is 0 Å². The van der Waals surface area contributed by atoms with Crippen molar-refractivity contribution in [3.05, 3.63) is 35.1 Å². The van der Waals surface area contributed by atoms with E-state index in [0.717, 1.165) is 31.6 Å². The van der Waals surface area contributed by atoms with E-state index in [1.807, 2.05) is 0 Å². The van der Waals surface area contributed by atoms with Crippen LogP contribution >= 0.6 is 0 Å². The standard InChI is InChI=1S/C15H20F4N2/c1-10-9-21(2)4-3-14(10)20-8-11-5-12(15(17,18)19)7-13(16)6-11/h5-7,10,14,20H,3-4,8-9H2,1-2H3. The molecule has 0 radical (unpaired) electrons. The summed E-state index contributed by atoms with van der Waals surface area (Å²) in [5.41, 5.74) is -0.607. The summed E-state index contributed by atoms with van der Waals surface area (Å²) in [6.45, 7) is 4.27. The number of halogens is 4. The Morgan fingerprint density at radius 1 is 1.29 bits per heavy atom. The molecule has 0 aromatic heterocycles. The number of nitrogens with zero attached hydrogens (tertiary/aromatic N) is 1. The molecule has 2 nitrogen and oxygen atoms in total. The third-order valence-electron chi connectivity index (χ3n) is 3.96. The quantitative estimate of drug-likeness (QED) is 0.862. The predicted molar refractivity (Wildman–Crippen MR) is 73.3 cm³/mol. The molecule has 0 spiro atoms. The second-order valence-corrected chi connectivity index (χ2v) is 5.86. The minimum absolute atomic E-state index is 0.249. The van der Waals surface area contributed by atoms with Crippen molar-refractivity contribution >= 4 is 0 Å². The molecule has 1 aromatic rings. The van der Waals surface area contributed by atoms with Crippen molar-refractivity contribution in [3.63, 3.8) is 0 Å². The second-order valence-electron chi connectivity index (χ2n) is 5.86. The van der Waals surface area contributed by atoms with Crippen LogP contribution < -0.4 is 5.32 Å². The third-order valence-corrected chi connectivity index (χ3v) is 3.96. The number of piperidine rings is 1. The first-order valence-electron chi connectivity index (χ1n) is 7.04. The van der Waals surface area contributed by atoms with Crippen LogP contribution in [0.1, 0.15) is 24.5 Å². The van der Waals surface area contributed by atoms with Crippen LogP contribution in [0.4, 0.5) is 17.6 Å². The number of likely N-dealkylation sites (tertiary alicyclic amines) is 1. The van der Waals surface area contributed by atoms with Crippen molar-refractivity contribution in [2.45, 2.75) is 32.1 Å². The second kappa shape index (κ2) is 6.32. The molecule has 118 valence electrons. The molecule has 1 aliphatic heterocycles. The Balaban J connectivity index is 2.02. The summed E-state index contributed by atoms with van der Waals surface area (Å²) in [6.07, 6.45) is -3.57. The minimum Gasteiger partial charge on any atom is -0.310 e. The molecular formula is C15H20F4N2. The molecular weight excluding hydrogens is 284 g/mol. The summed E-state index contributed by atoms with van der Waals surface area (Å²) in [5.74, 6) is -0.433. The van der Waals surface area contributed by atoms with E-state index >= 15 is 0 Å². The lowest BCUT2D eigenvalue weighted by Crippen LogP contribution is -2.46. The van der Waals surface area contributed by atoms with Crippen molar-refractivity contribution in [1.82, 2.24) is 10.2 Å². The fourth-order valence-electron chi connectivity index (χ4n) is 2.82. The van der Waals surface area contributed by atoms with Gasteiger partial charge in [-0.15, -0.1) is 0 Å². The minimum atomic E-state index is -4.52. The lowest BCUT2D eigenvalue weighted by Gasteiger charge is -2.35. The Kier molecular flexibility index (Phi) is 4.88. The van der Waals surface area contributed by atoms with Gasteiger partial charge in [0.25, 0.3) is 0 Å². The highest BCUT2D eigenvalue weighted by Gasteiger charge is 2.31. The molecule has 2 rings (SSSR count). The van der Waals surface area contributed by atoms with Crippen LogP contribution in [0.2, 0.25) is 0 Å². The highest BCUT2D eigenvalue weighted by atomic mass is 19.4. The van der Waals surface area contributed by atoms with Crippen LogP contribution in [0, 0.1) is 11.7 Å². The third kappa shape index (κ3) is 4.41. The molecule has 2 atom stereocenters. The number of nitrogens with one attached hydrogen (secondary N) is 1. The molecule has 6 heteroatoms. The van der Waals surface area contributed by atoms with Gasteiger partial charge in [-0.3, -0.25) is 0 Å². The summed E-state index contributed by atoms with van der Waals surface area (Å²) in [5, 5.41) is 3.25. The monoisotopic (exact) mass is 304 g/mol. The van der Waals surface area contributed by atoms with Crippen LogP contribution in [-0.4, -0.2) is 31.1 Å². The smallest absolute Gasteiger partial charge is 0.310 e. The number of benzene rings is 1. The summed E-state index contributed by atoms with van der Waals surface area (Å²) in [6, 6.07) is 2.94. The molecule has 21 heavy (non-hydrogen) atoms. The van der Waals surface area contributed by atoms with E-state index in [0.29, 0.717) is 17.5 Å². The Labute approximate surface area is 122 Å². The summed E-state index contributed by atoms with van der Waals surface area (Å²) in [4.78, 5) is 2.23. The average Bonchev–Trinajstić information content (AvgIpc) is 2.36. The summed E-state index contributed by atoms with van der Waals surface area (Å²) < 4.78 is 51.3. The van der Waals surface area contributed by atoms with Crippen LogP contribution in [-0.2, 0) is 12.7 Å². The first-order chi connectivity index (χ1) is 9.75. The molecule has 0 bridgehead atoms. The number of hydrogen-bond acceptors (Lipinski definition) is 2. The van der Waals surface area contributed by atoms with E-state index in [9.17, 15) is 17.6 Å². The van der Waals surface area contributed by atoms with Crippen LogP contribution in [0.15, 0.2) is 18.2 Å². The fraction of sp³-hybridized carbons (Fsp3) is 0.600. The maximum absolute atomic E-state index is 13.3. The van der Waals surface area contributed by atoms with Crippen LogP contribution in [0.25, 0.3) is 0 Å². The van der Waals surface area contributed by atoms with Gasteiger partial charge in [0, 0.05) is 19.1 Å².